The van der Waals surface area contributed by atoms with Gasteiger partial charge in [-0.05, 0) is 43.4 Å². The molecule has 4 nitrogen and oxygen atoms in total. The summed E-state index contributed by atoms with van der Waals surface area (Å²) in [4.78, 5) is 5.58. The Hall–Kier alpha value is -1.27. The number of rotatable bonds is 9. The van der Waals surface area contributed by atoms with Crippen LogP contribution in [0.25, 0.3) is 0 Å². The smallest absolute Gasteiger partial charge is 0.191 e. The van der Waals surface area contributed by atoms with E-state index in [4.69, 9.17) is 4.74 Å². The molecular weight excluding hydrogens is 289 g/mol. The van der Waals surface area contributed by atoms with Gasteiger partial charge in [0.2, 0.25) is 0 Å². The highest BCUT2D eigenvalue weighted by Crippen LogP contribution is 2.18. The summed E-state index contributed by atoms with van der Waals surface area (Å²) in [5.41, 5.74) is 0. The van der Waals surface area contributed by atoms with E-state index in [1.165, 1.54) is 12.1 Å². The molecular formula is C15H24FN3OS. The van der Waals surface area contributed by atoms with Crippen LogP contribution in [-0.4, -0.2) is 45.1 Å². The second kappa shape index (κ2) is 11.4. The molecule has 1 rings (SSSR count). The lowest BCUT2D eigenvalue weighted by atomic mass is 10.4. The van der Waals surface area contributed by atoms with Gasteiger partial charge in [-0.1, -0.05) is 0 Å². The van der Waals surface area contributed by atoms with Crippen molar-refractivity contribution in [3.63, 3.8) is 0 Å². The predicted octanol–water partition coefficient (Wildman–Crippen LogP) is 2.51. The van der Waals surface area contributed by atoms with Crippen LogP contribution >= 0.6 is 11.8 Å². The molecule has 0 fully saturated rings. The minimum atomic E-state index is -0.193. The minimum absolute atomic E-state index is 0.193. The second-order valence-corrected chi connectivity index (χ2v) is 5.50. The Bertz CT molecular complexity index is 412. The number of ether oxygens (including phenoxy) is 1. The predicted molar refractivity (Wildman–Crippen MR) is 87.6 cm³/mol. The average Bonchev–Trinajstić information content (AvgIpc) is 2.49. The number of guanidine groups is 1. The van der Waals surface area contributed by atoms with Crippen molar-refractivity contribution in [3.05, 3.63) is 30.1 Å². The van der Waals surface area contributed by atoms with Gasteiger partial charge in [0, 0.05) is 31.6 Å². The lowest BCUT2D eigenvalue weighted by Crippen LogP contribution is -2.39. The molecule has 6 heteroatoms. The molecule has 1 aromatic rings. The zero-order chi connectivity index (χ0) is 15.3. The summed E-state index contributed by atoms with van der Waals surface area (Å²) in [6.45, 7) is 5.04. The van der Waals surface area contributed by atoms with Crippen LogP contribution in [0.3, 0.4) is 0 Å². The summed E-state index contributed by atoms with van der Waals surface area (Å²) in [6, 6.07) is 6.59. The van der Waals surface area contributed by atoms with E-state index in [0.717, 1.165) is 42.7 Å². The van der Waals surface area contributed by atoms with Crippen molar-refractivity contribution in [1.82, 2.24) is 10.6 Å². The highest BCUT2D eigenvalue weighted by Gasteiger charge is 1.97. The monoisotopic (exact) mass is 313 g/mol. The third-order valence-corrected chi connectivity index (χ3v) is 3.70. The maximum atomic E-state index is 12.8. The zero-order valence-electron chi connectivity index (χ0n) is 12.7. The van der Waals surface area contributed by atoms with Gasteiger partial charge < -0.3 is 15.4 Å². The Balaban J connectivity index is 2.22. The van der Waals surface area contributed by atoms with Gasteiger partial charge in [0.25, 0.3) is 0 Å². The standard InChI is InChI=1S/C15H24FN3OS/c1-3-17-15(19-10-11-20-2)18-9-4-12-21-14-7-5-13(16)6-8-14/h5-8H,3-4,9-12H2,1-2H3,(H2,17,18,19). The summed E-state index contributed by atoms with van der Waals surface area (Å²) >= 11 is 1.72. The van der Waals surface area contributed by atoms with Gasteiger partial charge in [-0.25, -0.2) is 4.39 Å². The third kappa shape index (κ3) is 8.57. The van der Waals surface area contributed by atoms with Gasteiger partial charge in [-0.3, -0.25) is 4.99 Å². The maximum absolute atomic E-state index is 12.8. The van der Waals surface area contributed by atoms with Crippen LogP contribution in [0.1, 0.15) is 13.3 Å². The van der Waals surface area contributed by atoms with Crippen molar-refractivity contribution < 1.29 is 9.13 Å². The molecule has 2 N–H and O–H groups in total. The molecule has 0 bridgehead atoms. The Labute approximate surface area is 130 Å². The number of aliphatic imine (C=N–C) groups is 1. The fourth-order valence-corrected chi connectivity index (χ4v) is 2.43. The number of thioether (sulfide) groups is 1. The number of nitrogens with one attached hydrogen (secondary N) is 2. The molecule has 1 aromatic carbocycles. The highest BCUT2D eigenvalue weighted by molar-refractivity contribution is 7.99. The summed E-state index contributed by atoms with van der Waals surface area (Å²) in [5.74, 6) is 1.59. The summed E-state index contributed by atoms with van der Waals surface area (Å²) in [5, 5.41) is 6.39. The second-order valence-electron chi connectivity index (χ2n) is 4.34. The molecule has 0 amide bonds. The Morgan fingerprint density at radius 1 is 1.29 bits per heavy atom. The largest absolute Gasteiger partial charge is 0.383 e. The Morgan fingerprint density at radius 3 is 2.71 bits per heavy atom. The first kappa shape index (κ1) is 17.8. The molecule has 0 saturated heterocycles. The number of halogens is 1. The fraction of sp³-hybridized carbons (Fsp3) is 0.533. The number of hydrogen-bond acceptors (Lipinski definition) is 3. The van der Waals surface area contributed by atoms with Crippen LogP contribution in [0.2, 0.25) is 0 Å². The molecule has 0 saturated carbocycles. The molecule has 0 aliphatic heterocycles. The maximum Gasteiger partial charge on any atom is 0.191 e. The van der Waals surface area contributed by atoms with E-state index < -0.39 is 0 Å². The molecule has 0 spiro atoms. The number of nitrogens with zero attached hydrogens (tertiary/aromatic N) is 1. The van der Waals surface area contributed by atoms with Crippen LogP contribution in [0.15, 0.2) is 34.2 Å². The number of benzene rings is 1. The molecule has 0 atom stereocenters. The van der Waals surface area contributed by atoms with Crippen LogP contribution in [0.4, 0.5) is 4.39 Å². The van der Waals surface area contributed by atoms with E-state index >= 15 is 0 Å². The topological polar surface area (TPSA) is 45.7 Å². The third-order valence-electron chi connectivity index (χ3n) is 2.60. The minimum Gasteiger partial charge on any atom is -0.383 e. The van der Waals surface area contributed by atoms with Crippen molar-refractivity contribution in [2.45, 2.75) is 18.2 Å². The van der Waals surface area contributed by atoms with Gasteiger partial charge in [-0.15, -0.1) is 11.8 Å². The first-order chi connectivity index (χ1) is 10.3. The molecule has 0 radical (unpaired) electrons. The van der Waals surface area contributed by atoms with Crippen molar-refractivity contribution in [2.24, 2.45) is 4.99 Å². The van der Waals surface area contributed by atoms with Gasteiger partial charge in [0.1, 0.15) is 5.82 Å². The van der Waals surface area contributed by atoms with Crippen LogP contribution < -0.4 is 10.6 Å². The number of hydrogen-bond donors (Lipinski definition) is 2. The fourth-order valence-electron chi connectivity index (χ4n) is 1.59. The lowest BCUT2D eigenvalue weighted by molar-refractivity contribution is 0.203. The lowest BCUT2D eigenvalue weighted by Gasteiger charge is -2.10. The Kier molecular flexibility index (Phi) is 9.65. The van der Waals surface area contributed by atoms with E-state index in [1.54, 1.807) is 31.0 Å². The van der Waals surface area contributed by atoms with Crippen molar-refractivity contribution in [1.29, 1.82) is 0 Å². The van der Waals surface area contributed by atoms with Gasteiger partial charge >= 0.3 is 0 Å². The molecule has 0 aromatic heterocycles. The molecule has 118 valence electrons. The van der Waals surface area contributed by atoms with Gasteiger partial charge in [0.05, 0.1) is 6.61 Å². The van der Waals surface area contributed by atoms with Crippen molar-refractivity contribution in [2.75, 3.05) is 39.1 Å². The van der Waals surface area contributed by atoms with Crippen molar-refractivity contribution in [3.8, 4) is 0 Å². The van der Waals surface area contributed by atoms with Gasteiger partial charge in [-0.2, -0.15) is 0 Å². The first-order valence-corrected chi connectivity index (χ1v) is 8.14. The Morgan fingerprint density at radius 2 is 2.05 bits per heavy atom. The normalized spacial score (nSPS) is 11.5. The SMILES string of the molecule is CCNC(=NCCCSc1ccc(F)cc1)NCCOC. The van der Waals surface area contributed by atoms with E-state index in [9.17, 15) is 4.39 Å². The quantitative estimate of drug-likeness (QED) is 0.318. The zero-order valence-corrected chi connectivity index (χ0v) is 13.5. The van der Waals surface area contributed by atoms with E-state index in [1.807, 2.05) is 6.92 Å². The van der Waals surface area contributed by atoms with Crippen LogP contribution in [0, 0.1) is 5.82 Å². The van der Waals surface area contributed by atoms with Gasteiger partial charge in [0.15, 0.2) is 5.96 Å². The van der Waals surface area contributed by atoms with E-state index in [-0.39, 0.29) is 5.82 Å². The molecule has 0 heterocycles. The molecule has 0 unspecified atom stereocenters. The molecule has 0 aliphatic carbocycles. The highest BCUT2D eigenvalue weighted by atomic mass is 32.2. The summed E-state index contributed by atoms with van der Waals surface area (Å²) in [7, 11) is 1.68. The van der Waals surface area contributed by atoms with E-state index in [0.29, 0.717) is 6.61 Å². The summed E-state index contributed by atoms with van der Waals surface area (Å²) < 4.78 is 17.8. The first-order valence-electron chi connectivity index (χ1n) is 7.15. The average molecular weight is 313 g/mol. The molecule has 0 aliphatic rings. The number of methoxy groups -OCH3 is 1. The summed E-state index contributed by atoms with van der Waals surface area (Å²) in [6.07, 6.45) is 0.975. The van der Waals surface area contributed by atoms with E-state index in [2.05, 4.69) is 15.6 Å². The van der Waals surface area contributed by atoms with Crippen molar-refractivity contribution >= 4 is 17.7 Å². The van der Waals surface area contributed by atoms with Crippen LogP contribution in [0.5, 0.6) is 0 Å². The van der Waals surface area contributed by atoms with Crippen LogP contribution in [-0.2, 0) is 4.74 Å². The molecule has 21 heavy (non-hydrogen) atoms.